The van der Waals surface area contributed by atoms with E-state index in [0.29, 0.717) is 24.1 Å². The number of aryl methyl sites for hydroxylation is 1. The molecule has 2 aromatic rings. The molecular formula is C21H21NO4. The van der Waals surface area contributed by atoms with Crippen LogP contribution in [0.15, 0.2) is 30.3 Å². The number of hydrogen-bond donors (Lipinski definition) is 0. The van der Waals surface area contributed by atoms with Crippen molar-refractivity contribution in [1.82, 2.24) is 4.98 Å². The van der Waals surface area contributed by atoms with E-state index in [1.54, 1.807) is 19.1 Å². The fourth-order valence-corrected chi connectivity index (χ4v) is 4.71. The van der Waals surface area contributed by atoms with Crippen molar-refractivity contribution >= 4 is 28.4 Å². The summed E-state index contributed by atoms with van der Waals surface area (Å²) in [5.41, 5.74) is -1.62. The molecule has 0 radical (unpaired) electrons. The second kappa shape index (κ2) is 5.00. The molecular weight excluding hydrogens is 330 g/mol. The fraction of sp³-hybridized carbons (Fsp3) is 0.429. The Hall–Kier alpha value is -2.56. The number of nitrogens with zero attached hydrogens (tertiary/aromatic N) is 1. The topological polar surface area (TPSA) is 73.3 Å². The van der Waals surface area contributed by atoms with Crippen LogP contribution in [0.1, 0.15) is 39.3 Å². The normalized spacial score (nSPS) is 29.4. The summed E-state index contributed by atoms with van der Waals surface area (Å²) in [6.07, 6.45) is 0.865. The third-order valence-electron chi connectivity index (χ3n) is 6.91. The van der Waals surface area contributed by atoms with Gasteiger partial charge in [0.15, 0.2) is 5.75 Å². The van der Waals surface area contributed by atoms with Crippen molar-refractivity contribution in [3.63, 3.8) is 0 Å². The highest BCUT2D eigenvalue weighted by atomic mass is 16.5. The number of benzene rings is 1. The van der Waals surface area contributed by atoms with Gasteiger partial charge in [-0.3, -0.25) is 14.4 Å². The first kappa shape index (κ1) is 16.9. The van der Waals surface area contributed by atoms with Crippen LogP contribution in [-0.2, 0) is 14.4 Å². The number of rotatable bonds is 2. The van der Waals surface area contributed by atoms with Crippen LogP contribution in [0, 0.1) is 23.2 Å². The Balaban J connectivity index is 1.80. The highest BCUT2D eigenvalue weighted by Crippen LogP contribution is 2.69. The first-order valence-electron chi connectivity index (χ1n) is 8.83. The summed E-state index contributed by atoms with van der Waals surface area (Å²) in [5, 5.41) is 0.850. The number of para-hydroxylation sites is 1. The van der Waals surface area contributed by atoms with Gasteiger partial charge in [-0.25, -0.2) is 4.98 Å². The second-order valence-electron chi connectivity index (χ2n) is 8.19. The number of ether oxygens (including phenoxy) is 1. The SMILES string of the molecule is Cc1ccc2cccc(OC(=O)C34CCC(C)(C(=O)C3=O)C4(C)C)c2n1. The van der Waals surface area contributed by atoms with E-state index in [2.05, 4.69) is 4.98 Å². The fourth-order valence-electron chi connectivity index (χ4n) is 4.71. The molecule has 0 aliphatic heterocycles. The number of pyridine rings is 1. The molecule has 5 nitrogen and oxygen atoms in total. The maximum Gasteiger partial charge on any atom is 0.326 e. The first-order chi connectivity index (χ1) is 12.1. The summed E-state index contributed by atoms with van der Waals surface area (Å²) in [4.78, 5) is 43.0. The molecule has 1 aromatic heterocycles. The van der Waals surface area contributed by atoms with Gasteiger partial charge in [-0.2, -0.15) is 0 Å². The lowest BCUT2D eigenvalue weighted by atomic mass is 9.65. The lowest BCUT2D eigenvalue weighted by molar-refractivity contribution is -0.157. The molecule has 2 unspecified atom stereocenters. The first-order valence-corrected chi connectivity index (χ1v) is 8.83. The number of ketones is 2. The number of carbonyl (C=O) groups excluding carboxylic acids is 3. The quantitative estimate of drug-likeness (QED) is 0.359. The molecule has 2 aliphatic carbocycles. The van der Waals surface area contributed by atoms with E-state index in [4.69, 9.17) is 4.74 Å². The average molecular weight is 351 g/mol. The van der Waals surface area contributed by atoms with Crippen molar-refractivity contribution in [2.45, 2.75) is 40.5 Å². The monoisotopic (exact) mass is 351 g/mol. The Labute approximate surface area is 151 Å². The number of esters is 1. The summed E-state index contributed by atoms with van der Waals surface area (Å²) in [7, 11) is 0. The molecule has 0 amide bonds. The van der Waals surface area contributed by atoms with Gasteiger partial charge in [0.05, 0.1) is 0 Å². The number of carbonyl (C=O) groups is 3. The van der Waals surface area contributed by atoms with E-state index in [1.165, 1.54) is 0 Å². The van der Waals surface area contributed by atoms with E-state index in [-0.39, 0.29) is 0 Å². The number of aromatic nitrogens is 1. The van der Waals surface area contributed by atoms with Gasteiger partial charge in [0.2, 0.25) is 11.6 Å². The minimum atomic E-state index is -1.41. The van der Waals surface area contributed by atoms with E-state index >= 15 is 0 Å². The summed E-state index contributed by atoms with van der Waals surface area (Å²) in [5.74, 6) is -1.37. The van der Waals surface area contributed by atoms with Gasteiger partial charge in [-0.15, -0.1) is 0 Å². The lowest BCUT2D eigenvalue weighted by Crippen LogP contribution is -2.47. The highest BCUT2D eigenvalue weighted by molar-refractivity contribution is 6.48. The summed E-state index contributed by atoms with van der Waals surface area (Å²) in [6, 6.07) is 9.14. The standard InChI is InChI=1S/C21H21NO4/c1-12-8-9-13-6-5-7-14(15(13)22-12)26-18(25)21-11-10-20(4,19(21,2)3)16(23)17(21)24/h5-9H,10-11H2,1-4H3. The molecule has 5 heteroatoms. The Kier molecular flexibility index (Phi) is 3.24. The molecule has 2 aliphatic rings. The van der Waals surface area contributed by atoms with E-state index < -0.39 is 33.8 Å². The zero-order valence-corrected chi connectivity index (χ0v) is 15.4. The van der Waals surface area contributed by atoms with Crippen molar-refractivity contribution in [3.8, 4) is 5.75 Å². The molecule has 4 rings (SSSR count). The van der Waals surface area contributed by atoms with Crippen LogP contribution in [0.5, 0.6) is 5.75 Å². The Morgan fingerprint density at radius 2 is 1.77 bits per heavy atom. The number of fused-ring (bicyclic) bond motifs is 3. The van der Waals surface area contributed by atoms with Crippen LogP contribution >= 0.6 is 0 Å². The third-order valence-corrected chi connectivity index (χ3v) is 6.91. The molecule has 0 N–H and O–H groups in total. The predicted molar refractivity (Wildman–Crippen MR) is 95.7 cm³/mol. The van der Waals surface area contributed by atoms with Crippen LogP contribution in [0.3, 0.4) is 0 Å². The zero-order chi connectivity index (χ0) is 18.9. The Bertz CT molecular complexity index is 993. The van der Waals surface area contributed by atoms with Crippen molar-refractivity contribution in [1.29, 1.82) is 0 Å². The van der Waals surface area contributed by atoms with Gasteiger partial charge in [-0.1, -0.05) is 39.0 Å². The largest absolute Gasteiger partial charge is 0.423 e. The van der Waals surface area contributed by atoms with Gasteiger partial charge in [0.25, 0.3) is 0 Å². The van der Waals surface area contributed by atoms with Gasteiger partial charge in [0.1, 0.15) is 10.9 Å². The van der Waals surface area contributed by atoms with Gasteiger partial charge in [-0.05, 0) is 31.9 Å². The van der Waals surface area contributed by atoms with Crippen molar-refractivity contribution in [2.24, 2.45) is 16.2 Å². The maximum atomic E-state index is 13.2. The van der Waals surface area contributed by atoms with Crippen LogP contribution in [0.2, 0.25) is 0 Å². The van der Waals surface area contributed by atoms with Crippen LogP contribution in [-0.4, -0.2) is 22.5 Å². The lowest BCUT2D eigenvalue weighted by Gasteiger charge is -2.36. The molecule has 1 heterocycles. The van der Waals surface area contributed by atoms with E-state index in [0.717, 1.165) is 11.1 Å². The van der Waals surface area contributed by atoms with Gasteiger partial charge in [0, 0.05) is 21.9 Å². The molecule has 2 atom stereocenters. The summed E-state index contributed by atoms with van der Waals surface area (Å²) in [6.45, 7) is 7.31. The van der Waals surface area contributed by atoms with Gasteiger partial charge >= 0.3 is 5.97 Å². The Morgan fingerprint density at radius 1 is 1.04 bits per heavy atom. The number of Topliss-reactive ketones (excluding diaryl/α,β-unsaturated/α-hetero) is 2. The average Bonchev–Trinajstić information content (AvgIpc) is 2.87. The molecule has 1 aromatic carbocycles. The van der Waals surface area contributed by atoms with E-state index in [1.807, 2.05) is 39.0 Å². The molecule has 0 spiro atoms. The van der Waals surface area contributed by atoms with Crippen molar-refractivity contribution < 1.29 is 19.1 Å². The predicted octanol–water partition coefficient (Wildman–Crippen LogP) is 3.41. The van der Waals surface area contributed by atoms with Crippen molar-refractivity contribution in [3.05, 3.63) is 36.0 Å². The van der Waals surface area contributed by atoms with E-state index in [9.17, 15) is 14.4 Å². The minimum Gasteiger partial charge on any atom is -0.423 e. The molecule has 2 saturated carbocycles. The molecule has 0 saturated heterocycles. The Morgan fingerprint density at radius 3 is 2.42 bits per heavy atom. The molecule has 2 fully saturated rings. The van der Waals surface area contributed by atoms with Crippen LogP contribution < -0.4 is 4.74 Å². The molecule has 134 valence electrons. The third kappa shape index (κ3) is 1.76. The maximum absolute atomic E-state index is 13.2. The zero-order valence-electron chi connectivity index (χ0n) is 15.4. The van der Waals surface area contributed by atoms with Crippen molar-refractivity contribution in [2.75, 3.05) is 0 Å². The highest BCUT2D eigenvalue weighted by Gasteiger charge is 2.78. The van der Waals surface area contributed by atoms with Crippen LogP contribution in [0.4, 0.5) is 0 Å². The van der Waals surface area contributed by atoms with Crippen LogP contribution in [0.25, 0.3) is 10.9 Å². The number of hydrogen-bond acceptors (Lipinski definition) is 5. The minimum absolute atomic E-state index is 0.321. The van der Waals surface area contributed by atoms with Gasteiger partial charge < -0.3 is 4.74 Å². The molecule has 2 bridgehead atoms. The summed E-state index contributed by atoms with van der Waals surface area (Å²) < 4.78 is 5.71. The smallest absolute Gasteiger partial charge is 0.326 e. The molecule has 26 heavy (non-hydrogen) atoms. The summed E-state index contributed by atoms with van der Waals surface area (Å²) >= 11 is 0. The second-order valence-corrected chi connectivity index (χ2v) is 8.19.